The second-order valence-electron chi connectivity index (χ2n) is 5.17. The monoisotopic (exact) mass is 348 g/mol. The van der Waals surface area contributed by atoms with Crippen molar-refractivity contribution in [3.8, 4) is 0 Å². The summed E-state index contributed by atoms with van der Waals surface area (Å²) in [5, 5.41) is 0. The third kappa shape index (κ3) is 3.36. The molecule has 5 heteroatoms. The third-order valence-electron chi connectivity index (χ3n) is 3.78. The number of hydrogen-bond donors (Lipinski definition) is 0. The van der Waals surface area contributed by atoms with Crippen molar-refractivity contribution < 1.29 is 9.21 Å². The van der Waals surface area contributed by atoms with E-state index in [1.807, 2.05) is 11.0 Å². The maximum absolute atomic E-state index is 12.2. The van der Waals surface area contributed by atoms with Gasteiger partial charge in [-0.3, -0.25) is 9.69 Å². The molecule has 0 unspecified atom stereocenters. The number of rotatable bonds is 3. The van der Waals surface area contributed by atoms with Crippen molar-refractivity contribution in [2.24, 2.45) is 0 Å². The molecule has 0 spiro atoms. The molecule has 1 amide bonds. The molecule has 2 aromatic rings. The molecular weight excluding hydrogens is 332 g/mol. The zero-order valence-corrected chi connectivity index (χ0v) is 13.3. The Hall–Kier alpha value is -1.59. The maximum Gasteiger partial charge on any atom is 0.257 e. The Balaban J connectivity index is 1.56. The van der Waals surface area contributed by atoms with Crippen LogP contribution >= 0.6 is 15.9 Å². The summed E-state index contributed by atoms with van der Waals surface area (Å²) in [6.07, 6.45) is 3.05. The van der Waals surface area contributed by atoms with Crippen molar-refractivity contribution in [2.45, 2.75) is 6.54 Å². The lowest BCUT2D eigenvalue weighted by molar-refractivity contribution is 0.0627. The average molecular weight is 349 g/mol. The molecule has 0 atom stereocenters. The van der Waals surface area contributed by atoms with Gasteiger partial charge < -0.3 is 9.32 Å². The Morgan fingerprint density at radius 3 is 2.57 bits per heavy atom. The van der Waals surface area contributed by atoms with Crippen molar-refractivity contribution in [3.05, 3.63) is 58.5 Å². The van der Waals surface area contributed by atoms with E-state index in [9.17, 15) is 4.79 Å². The van der Waals surface area contributed by atoms with Crippen molar-refractivity contribution in [3.63, 3.8) is 0 Å². The van der Waals surface area contributed by atoms with Crippen LogP contribution in [0.5, 0.6) is 0 Å². The fourth-order valence-corrected chi connectivity index (χ4v) is 2.96. The van der Waals surface area contributed by atoms with Crippen LogP contribution in [0.3, 0.4) is 0 Å². The number of furan rings is 1. The molecule has 1 aromatic heterocycles. The molecule has 3 rings (SSSR count). The molecule has 0 aliphatic carbocycles. The van der Waals surface area contributed by atoms with Gasteiger partial charge >= 0.3 is 0 Å². The van der Waals surface area contributed by atoms with Crippen LogP contribution in [0.25, 0.3) is 0 Å². The minimum absolute atomic E-state index is 0.0595. The molecule has 21 heavy (non-hydrogen) atoms. The van der Waals surface area contributed by atoms with Crippen molar-refractivity contribution in [1.82, 2.24) is 9.80 Å². The predicted molar refractivity (Wildman–Crippen MR) is 84.0 cm³/mol. The molecule has 1 aromatic carbocycles. The Labute approximate surface area is 132 Å². The number of hydrogen-bond acceptors (Lipinski definition) is 3. The zero-order valence-electron chi connectivity index (χ0n) is 11.7. The quantitative estimate of drug-likeness (QED) is 0.855. The Bertz CT molecular complexity index is 604. The standard InChI is InChI=1S/C16H17BrN2O2/c17-15-4-2-1-3-13(15)11-18-6-8-19(9-7-18)16(20)14-5-10-21-12-14/h1-5,10,12H,6-9,11H2. The van der Waals surface area contributed by atoms with Gasteiger partial charge in [0.1, 0.15) is 6.26 Å². The fraction of sp³-hybridized carbons (Fsp3) is 0.312. The molecule has 4 nitrogen and oxygen atoms in total. The van der Waals surface area contributed by atoms with Gasteiger partial charge in [0.15, 0.2) is 0 Å². The van der Waals surface area contributed by atoms with Crippen LogP contribution < -0.4 is 0 Å². The SMILES string of the molecule is O=C(c1ccoc1)N1CCN(Cc2ccccc2Br)CC1. The van der Waals surface area contributed by atoms with E-state index in [-0.39, 0.29) is 5.91 Å². The number of piperazine rings is 1. The van der Waals surface area contributed by atoms with E-state index in [2.05, 4.69) is 39.0 Å². The van der Waals surface area contributed by atoms with Gasteiger partial charge in [-0.15, -0.1) is 0 Å². The van der Waals surface area contributed by atoms with E-state index in [0.717, 1.165) is 37.2 Å². The highest BCUT2D eigenvalue weighted by molar-refractivity contribution is 9.10. The summed E-state index contributed by atoms with van der Waals surface area (Å²) in [6.45, 7) is 4.22. The highest BCUT2D eigenvalue weighted by Gasteiger charge is 2.22. The molecule has 2 heterocycles. The first-order valence-corrected chi connectivity index (χ1v) is 7.80. The van der Waals surface area contributed by atoms with Gasteiger partial charge in [0.25, 0.3) is 5.91 Å². The average Bonchev–Trinajstić information content (AvgIpc) is 3.04. The van der Waals surface area contributed by atoms with E-state index >= 15 is 0 Å². The summed E-state index contributed by atoms with van der Waals surface area (Å²) in [4.78, 5) is 16.5. The lowest BCUT2D eigenvalue weighted by atomic mass is 10.2. The smallest absolute Gasteiger partial charge is 0.257 e. The summed E-state index contributed by atoms with van der Waals surface area (Å²) >= 11 is 3.58. The lowest BCUT2D eigenvalue weighted by Gasteiger charge is -2.34. The topological polar surface area (TPSA) is 36.7 Å². The summed E-state index contributed by atoms with van der Waals surface area (Å²) in [5.41, 5.74) is 1.92. The van der Waals surface area contributed by atoms with Crippen molar-refractivity contribution in [2.75, 3.05) is 26.2 Å². The van der Waals surface area contributed by atoms with E-state index in [1.165, 1.54) is 18.1 Å². The number of amides is 1. The van der Waals surface area contributed by atoms with Gasteiger partial charge in [-0.05, 0) is 17.7 Å². The fourth-order valence-electron chi connectivity index (χ4n) is 2.55. The van der Waals surface area contributed by atoms with Crippen LogP contribution in [0.15, 0.2) is 51.7 Å². The van der Waals surface area contributed by atoms with Crippen LogP contribution in [-0.2, 0) is 6.54 Å². The Kier molecular flexibility index (Phi) is 4.41. The second-order valence-corrected chi connectivity index (χ2v) is 6.03. The maximum atomic E-state index is 12.2. The van der Waals surface area contributed by atoms with Crippen LogP contribution in [0, 0.1) is 0 Å². The molecule has 1 saturated heterocycles. The van der Waals surface area contributed by atoms with Crippen LogP contribution in [0.4, 0.5) is 0 Å². The third-order valence-corrected chi connectivity index (χ3v) is 4.55. The lowest BCUT2D eigenvalue weighted by Crippen LogP contribution is -2.48. The van der Waals surface area contributed by atoms with Gasteiger partial charge in [-0.1, -0.05) is 34.1 Å². The van der Waals surface area contributed by atoms with Gasteiger partial charge in [-0.2, -0.15) is 0 Å². The number of benzene rings is 1. The number of nitrogens with zero attached hydrogens (tertiary/aromatic N) is 2. The molecule has 1 aliphatic rings. The zero-order chi connectivity index (χ0) is 14.7. The van der Waals surface area contributed by atoms with E-state index < -0.39 is 0 Å². The van der Waals surface area contributed by atoms with Crippen molar-refractivity contribution in [1.29, 1.82) is 0 Å². The summed E-state index contributed by atoms with van der Waals surface area (Å²) < 4.78 is 6.12. The van der Waals surface area contributed by atoms with Crippen LogP contribution in [0.1, 0.15) is 15.9 Å². The minimum Gasteiger partial charge on any atom is -0.472 e. The molecule has 1 aliphatic heterocycles. The van der Waals surface area contributed by atoms with Crippen LogP contribution in [0.2, 0.25) is 0 Å². The number of halogens is 1. The second kappa shape index (κ2) is 6.45. The van der Waals surface area contributed by atoms with Gasteiger partial charge in [-0.25, -0.2) is 0 Å². The first-order chi connectivity index (χ1) is 10.2. The molecule has 110 valence electrons. The highest BCUT2D eigenvalue weighted by Crippen LogP contribution is 2.19. The summed E-state index contributed by atoms with van der Waals surface area (Å²) in [5.74, 6) is 0.0595. The normalized spacial score (nSPS) is 16.1. The molecule has 0 radical (unpaired) electrons. The molecule has 0 N–H and O–H groups in total. The minimum atomic E-state index is 0.0595. The molecule has 0 saturated carbocycles. The van der Waals surface area contributed by atoms with Gasteiger partial charge in [0.2, 0.25) is 0 Å². The van der Waals surface area contributed by atoms with E-state index in [0.29, 0.717) is 5.56 Å². The van der Waals surface area contributed by atoms with E-state index in [4.69, 9.17) is 4.42 Å². The number of carbonyl (C=O) groups is 1. The first kappa shape index (κ1) is 14.4. The Morgan fingerprint density at radius 1 is 1.14 bits per heavy atom. The largest absolute Gasteiger partial charge is 0.472 e. The van der Waals surface area contributed by atoms with Gasteiger partial charge in [0.05, 0.1) is 11.8 Å². The van der Waals surface area contributed by atoms with E-state index in [1.54, 1.807) is 6.07 Å². The van der Waals surface area contributed by atoms with Crippen molar-refractivity contribution >= 4 is 21.8 Å². The predicted octanol–water partition coefficient (Wildman–Crippen LogP) is 3.00. The summed E-state index contributed by atoms with van der Waals surface area (Å²) in [6, 6.07) is 9.99. The Morgan fingerprint density at radius 2 is 1.90 bits per heavy atom. The van der Waals surface area contributed by atoms with Gasteiger partial charge in [0, 0.05) is 37.2 Å². The molecule has 1 fully saturated rings. The first-order valence-electron chi connectivity index (χ1n) is 7.01. The molecular formula is C16H17BrN2O2. The number of carbonyl (C=O) groups excluding carboxylic acids is 1. The molecule has 0 bridgehead atoms. The highest BCUT2D eigenvalue weighted by atomic mass is 79.9. The summed E-state index contributed by atoms with van der Waals surface area (Å²) in [7, 11) is 0. The van der Waals surface area contributed by atoms with Crippen LogP contribution in [-0.4, -0.2) is 41.9 Å².